The number of nitrogens with zero attached hydrogens (tertiary/aromatic N) is 1. The Morgan fingerprint density at radius 3 is 2.50 bits per heavy atom. The van der Waals surface area contributed by atoms with Gasteiger partial charge in [-0.3, -0.25) is 4.79 Å². The van der Waals surface area contributed by atoms with Crippen molar-refractivity contribution in [2.45, 2.75) is 32.0 Å². The molecule has 6 nitrogen and oxygen atoms in total. The number of carbonyl (C=O) groups excluding carboxylic acids is 1. The van der Waals surface area contributed by atoms with E-state index in [1.165, 1.54) is 0 Å². The van der Waals surface area contributed by atoms with Crippen molar-refractivity contribution < 1.29 is 24.2 Å². The fourth-order valence-electron chi connectivity index (χ4n) is 2.33. The van der Waals surface area contributed by atoms with E-state index in [9.17, 15) is 9.59 Å². The Labute approximate surface area is 129 Å². The Balaban J connectivity index is 1.65. The molecule has 1 amide bonds. The van der Waals surface area contributed by atoms with Crippen LogP contribution in [0.5, 0.6) is 0 Å². The van der Waals surface area contributed by atoms with Gasteiger partial charge in [-0.1, -0.05) is 30.3 Å². The number of rotatable bonds is 6. The van der Waals surface area contributed by atoms with Gasteiger partial charge in [-0.05, 0) is 18.4 Å². The number of benzene rings is 1. The molecule has 1 N–H and O–H groups in total. The van der Waals surface area contributed by atoms with Gasteiger partial charge in [-0.25, -0.2) is 4.79 Å². The molecular formula is C16H21NO5. The number of carbonyl (C=O) groups is 2. The highest BCUT2D eigenvalue weighted by atomic mass is 16.6. The second-order valence-corrected chi connectivity index (χ2v) is 5.24. The van der Waals surface area contributed by atoms with E-state index in [-0.39, 0.29) is 31.8 Å². The zero-order chi connectivity index (χ0) is 15.8. The first-order chi connectivity index (χ1) is 10.6. The normalized spacial score (nSPS) is 15.5. The Bertz CT molecular complexity index is 483. The van der Waals surface area contributed by atoms with E-state index < -0.39 is 5.97 Å². The largest absolute Gasteiger partial charge is 0.481 e. The highest BCUT2D eigenvalue weighted by Crippen LogP contribution is 2.15. The second kappa shape index (κ2) is 8.38. The van der Waals surface area contributed by atoms with Gasteiger partial charge in [0.2, 0.25) is 0 Å². The molecule has 1 heterocycles. The first-order valence-electron chi connectivity index (χ1n) is 7.44. The molecule has 1 saturated heterocycles. The highest BCUT2D eigenvalue weighted by molar-refractivity contribution is 5.67. The smallest absolute Gasteiger partial charge is 0.410 e. The molecule has 22 heavy (non-hydrogen) atoms. The van der Waals surface area contributed by atoms with Crippen molar-refractivity contribution in [1.29, 1.82) is 0 Å². The van der Waals surface area contributed by atoms with Crippen LogP contribution < -0.4 is 0 Å². The Morgan fingerprint density at radius 1 is 1.18 bits per heavy atom. The predicted molar refractivity (Wildman–Crippen MR) is 79.4 cm³/mol. The van der Waals surface area contributed by atoms with Gasteiger partial charge in [-0.15, -0.1) is 0 Å². The second-order valence-electron chi connectivity index (χ2n) is 5.24. The van der Waals surface area contributed by atoms with E-state index in [0.717, 1.165) is 5.56 Å². The summed E-state index contributed by atoms with van der Waals surface area (Å²) in [6.45, 7) is 1.64. The topological polar surface area (TPSA) is 76.1 Å². The minimum Gasteiger partial charge on any atom is -0.481 e. The summed E-state index contributed by atoms with van der Waals surface area (Å²) in [6, 6.07) is 9.55. The van der Waals surface area contributed by atoms with Crippen molar-refractivity contribution in [2.75, 3.05) is 19.7 Å². The summed E-state index contributed by atoms with van der Waals surface area (Å²) in [5.41, 5.74) is 0.961. The van der Waals surface area contributed by atoms with Gasteiger partial charge in [0.25, 0.3) is 0 Å². The molecule has 1 aromatic rings. The van der Waals surface area contributed by atoms with Crippen molar-refractivity contribution in [1.82, 2.24) is 4.90 Å². The lowest BCUT2D eigenvalue weighted by atomic mass is 10.1. The van der Waals surface area contributed by atoms with Crippen LogP contribution in [0.2, 0.25) is 0 Å². The molecular weight excluding hydrogens is 286 g/mol. The molecule has 0 aromatic heterocycles. The molecule has 0 bridgehead atoms. The maximum absolute atomic E-state index is 12.0. The van der Waals surface area contributed by atoms with Gasteiger partial charge < -0.3 is 19.5 Å². The number of piperidine rings is 1. The summed E-state index contributed by atoms with van der Waals surface area (Å²) < 4.78 is 10.8. The zero-order valence-electron chi connectivity index (χ0n) is 12.4. The summed E-state index contributed by atoms with van der Waals surface area (Å²) in [6.07, 6.45) is 1.14. The number of carboxylic acid groups (broad SMARTS) is 1. The van der Waals surface area contributed by atoms with Gasteiger partial charge in [0, 0.05) is 13.1 Å². The van der Waals surface area contributed by atoms with Gasteiger partial charge in [-0.2, -0.15) is 0 Å². The fourth-order valence-corrected chi connectivity index (χ4v) is 2.33. The van der Waals surface area contributed by atoms with Crippen molar-refractivity contribution >= 4 is 12.1 Å². The van der Waals surface area contributed by atoms with Gasteiger partial charge >= 0.3 is 12.1 Å². The summed E-state index contributed by atoms with van der Waals surface area (Å²) >= 11 is 0. The first kappa shape index (κ1) is 16.3. The van der Waals surface area contributed by atoms with Crippen LogP contribution >= 0.6 is 0 Å². The number of carboxylic acids is 1. The van der Waals surface area contributed by atoms with Crippen molar-refractivity contribution in [3.05, 3.63) is 35.9 Å². The van der Waals surface area contributed by atoms with Crippen LogP contribution in [-0.2, 0) is 20.9 Å². The minimum atomic E-state index is -0.859. The third-order valence-corrected chi connectivity index (χ3v) is 3.57. The molecule has 2 rings (SSSR count). The third-order valence-electron chi connectivity index (χ3n) is 3.57. The van der Waals surface area contributed by atoms with Crippen molar-refractivity contribution in [3.8, 4) is 0 Å². The standard InChI is InChI=1S/C16H21NO5/c18-15(19)8-11-21-14-6-9-17(10-7-14)16(20)22-12-13-4-2-1-3-5-13/h1-5,14H,6-12H2,(H,18,19). The van der Waals surface area contributed by atoms with E-state index in [1.54, 1.807) is 4.90 Å². The van der Waals surface area contributed by atoms with Crippen LogP contribution in [0, 0.1) is 0 Å². The van der Waals surface area contributed by atoms with Crippen LogP contribution in [0.25, 0.3) is 0 Å². The van der Waals surface area contributed by atoms with E-state index >= 15 is 0 Å². The van der Waals surface area contributed by atoms with E-state index in [2.05, 4.69) is 0 Å². The molecule has 0 aliphatic carbocycles. The first-order valence-corrected chi connectivity index (χ1v) is 7.44. The van der Waals surface area contributed by atoms with Gasteiger partial charge in [0.05, 0.1) is 19.1 Å². The Hall–Kier alpha value is -2.08. The van der Waals surface area contributed by atoms with Crippen molar-refractivity contribution in [2.24, 2.45) is 0 Å². The maximum atomic E-state index is 12.0. The number of hydrogen-bond acceptors (Lipinski definition) is 4. The summed E-state index contributed by atoms with van der Waals surface area (Å²) in [7, 11) is 0. The minimum absolute atomic E-state index is 0.0132. The van der Waals surface area contributed by atoms with Crippen LogP contribution in [0.3, 0.4) is 0 Å². The van der Waals surface area contributed by atoms with Crippen molar-refractivity contribution in [3.63, 3.8) is 0 Å². The molecule has 0 atom stereocenters. The average Bonchev–Trinajstić information content (AvgIpc) is 2.54. The Kier molecular flexibility index (Phi) is 6.21. The maximum Gasteiger partial charge on any atom is 0.410 e. The van der Waals surface area contributed by atoms with Gasteiger partial charge in [0.15, 0.2) is 0 Å². The third kappa shape index (κ3) is 5.37. The molecule has 0 spiro atoms. The summed E-state index contributed by atoms with van der Waals surface area (Å²) in [5, 5.41) is 8.56. The molecule has 0 unspecified atom stereocenters. The monoisotopic (exact) mass is 307 g/mol. The van der Waals surface area contributed by atoms with E-state index in [4.69, 9.17) is 14.6 Å². The summed E-state index contributed by atoms with van der Waals surface area (Å²) in [5.74, 6) is -0.859. The lowest BCUT2D eigenvalue weighted by Gasteiger charge is -2.31. The quantitative estimate of drug-likeness (QED) is 0.872. The average molecular weight is 307 g/mol. The molecule has 1 aliphatic heterocycles. The lowest BCUT2D eigenvalue weighted by molar-refractivity contribution is -0.138. The van der Waals surface area contributed by atoms with E-state index in [1.807, 2.05) is 30.3 Å². The Morgan fingerprint density at radius 2 is 1.86 bits per heavy atom. The van der Waals surface area contributed by atoms with Crippen LogP contribution in [0.4, 0.5) is 4.79 Å². The summed E-state index contributed by atoms with van der Waals surface area (Å²) in [4.78, 5) is 24.1. The molecule has 0 radical (unpaired) electrons. The lowest BCUT2D eigenvalue weighted by Crippen LogP contribution is -2.41. The number of ether oxygens (including phenoxy) is 2. The molecule has 120 valence electrons. The van der Waals surface area contributed by atoms with Crippen LogP contribution in [0.15, 0.2) is 30.3 Å². The SMILES string of the molecule is O=C(O)CCOC1CCN(C(=O)OCc2ccccc2)CC1. The number of aliphatic carboxylic acids is 1. The molecule has 1 fully saturated rings. The predicted octanol–water partition coefficient (Wildman–Crippen LogP) is 2.28. The van der Waals surface area contributed by atoms with E-state index in [0.29, 0.717) is 25.9 Å². The highest BCUT2D eigenvalue weighted by Gasteiger charge is 2.24. The van der Waals surface area contributed by atoms with Crippen LogP contribution in [0.1, 0.15) is 24.8 Å². The van der Waals surface area contributed by atoms with Gasteiger partial charge in [0.1, 0.15) is 6.61 Å². The zero-order valence-corrected chi connectivity index (χ0v) is 12.4. The number of hydrogen-bond donors (Lipinski definition) is 1. The molecule has 0 saturated carbocycles. The fraction of sp³-hybridized carbons (Fsp3) is 0.500. The van der Waals surface area contributed by atoms with Crippen LogP contribution in [-0.4, -0.2) is 47.9 Å². The molecule has 6 heteroatoms. The molecule has 1 aromatic carbocycles. The number of amides is 1. The number of likely N-dealkylation sites (tertiary alicyclic amines) is 1. The molecule has 1 aliphatic rings.